The van der Waals surface area contributed by atoms with Crippen molar-refractivity contribution >= 4 is 65.2 Å². The van der Waals surface area contributed by atoms with Gasteiger partial charge in [0.2, 0.25) is 0 Å². The molecule has 0 atom stereocenters. The first-order valence-corrected chi connectivity index (χ1v) is 17.9. The largest absolute Gasteiger partial charge is 0.309 e. The van der Waals surface area contributed by atoms with Gasteiger partial charge in [-0.3, -0.25) is 0 Å². The van der Waals surface area contributed by atoms with E-state index < -0.39 is 0 Å². The lowest BCUT2D eigenvalue weighted by atomic mass is 9.97. The zero-order valence-electron chi connectivity index (χ0n) is 28.4. The van der Waals surface area contributed by atoms with E-state index in [2.05, 4.69) is 203 Å². The molecular weight excluding hydrogens is 629 g/mol. The van der Waals surface area contributed by atoms with Crippen LogP contribution in [0.2, 0.25) is 0 Å². The number of hydrogen-bond acceptors (Lipinski definition) is 0. The number of benzene rings is 9. The predicted octanol–water partition coefficient (Wildman–Crippen LogP) is 13.5. The predicted molar refractivity (Wildman–Crippen MR) is 221 cm³/mol. The zero-order chi connectivity index (χ0) is 34.2. The van der Waals surface area contributed by atoms with E-state index in [4.69, 9.17) is 0 Å². The van der Waals surface area contributed by atoms with E-state index in [0.717, 1.165) is 0 Å². The second-order valence-corrected chi connectivity index (χ2v) is 13.7. The highest BCUT2D eigenvalue weighted by Crippen LogP contribution is 2.42. The maximum absolute atomic E-state index is 2.49. The van der Waals surface area contributed by atoms with Gasteiger partial charge in [0.05, 0.1) is 33.4 Å². The molecule has 0 bridgehead atoms. The average molecular weight is 661 g/mol. The summed E-state index contributed by atoms with van der Waals surface area (Å²) < 4.78 is 4.92. The number of fused-ring (bicyclic) bond motifs is 8. The van der Waals surface area contributed by atoms with Crippen molar-refractivity contribution in [3.8, 4) is 33.6 Å². The third-order valence-corrected chi connectivity index (χ3v) is 10.9. The Morgan fingerprint density at radius 3 is 1.46 bits per heavy atom. The number of para-hydroxylation sites is 2. The normalized spacial score (nSPS) is 11.8. The van der Waals surface area contributed by atoms with Crippen LogP contribution in [0.1, 0.15) is 0 Å². The lowest BCUT2D eigenvalue weighted by Crippen LogP contribution is -1.99. The summed E-state index contributed by atoms with van der Waals surface area (Å²) in [7, 11) is 0. The first-order valence-electron chi connectivity index (χ1n) is 17.9. The fourth-order valence-corrected chi connectivity index (χ4v) is 8.56. The Hall–Kier alpha value is -6.90. The van der Waals surface area contributed by atoms with Gasteiger partial charge < -0.3 is 9.13 Å². The molecule has 0 spiro atoms. The van der Waals surface area contributed by atoms with Crippen molar-refractivity contribution in [1.82, 2.24) is 9.13 Å². The second kappa shape index (κ2) is 11.3. The fourth-order valence-electron chi connectivity index (χ4n) is 8.56. The molecule has 0 aliphatic heterocycles. The summed E-state index contributed by atoms with van der Waals surface area (Å²) in [4.78, 5) is 0. The molecule has 2 nitrogen and oxygen atoms in total. The smallest absolute Gasteiger partial charge is 0.0618 e. The van der Waals surface area contributed by atoms with Crippen molar-refractivity contribution in [1.29, 1.82) is 0 Å². The van der Waals surface area contributed by atoms with Gasteiger partial charge >= 0.3 is 0 Å². The molecule has 11 aromatic rings. The maximum Gasteiger partial charge on any atom is 0.0618 e. The minimum Gasteiger partial charge on any atom is -0.309 e. The molecule has 0 unspecified atom stereocenters. The fraction of sp³-hybridized carbons (Fsp3) is 0. The van der Waals surface area contributed by atoms with E-state index in [-0.39, 0.29) is 0 Å². The summed E-state index contributed by atoms with van der Waals surface area (Å²) in [5.41, 5.74) is 12.1. The molecular formula is C50H32N2. The summed E-state index contributed by atoms with van der Waals surface area (Å²) in [6.07, 6.45) is 0. The molecule has 2 heterocycles. The molecule has 242 valence electrons. The molecule has 9 aromatic carbocycles. The van der Waals surface area contributed by atoms with Crippen molar-refractivity contribution < 1.29 is 0 Å². The molecule has 0 radical (unpaired) electrons. The molecule has 0 N–H and O–H groups in total. The van der Waals surface area contributed by atoms with E-state index in [1.165, 1.54) is 98.8 Å². The highest BCUT2D eigenvalue weighted by Gasteiger charge is 2.20. The van der Waals surface area contributed by atoms with E-state index >= 15 is 0 Å². The lowest BCUT2D eigenvalue weighted by Gasteiger charge is -2.17. The summed E-state index contributed by atoms with van der Waals surface area (Å²) >= 11 is 0. The van der Waals surface area contributed by atoms with Crippen LogP contribution in [0.3, 0.4) is 0 Å². The van der Waals surface area contributed by atoms with Crippen LogP contribution in [-0.4, -0.2) is 9.13 Å². The van der Waals surface area contributed by atoms with Gasteiger partial charge in [-0.25, -0.2) is 0 Å². The minimum atomic E-state index is 1.20. The Kier molecular flexibility index (Phi) is 6.28. The summed E-state index contributed by atoms with van der Waals surface area (Å²) in [5, 5.41) is 9.98. The molecule has 2 heteroatoms. The lowest BCUT2D eigenvalue weighted by molar-refractivity contribution is 1.20. The minimum absolute atomic E-state index is 1.20. The standard InChI is InChI=1S/C50H32N2/c1-2-13-34(14-3-1)40-28-25-35-16-5-7-19-39(35)50(40)52-47-23-11-9-21-42(47)44-32-37(27-30-49(44)52)36-26-29-48-43(31-36)41-20-8-10-22-46(41)51(48)45-24-12-17-33-15-4-6-18-38(33)45/h1-32H. The summed E-state index contributed by atoms with van der Waals surface area (Å²) in [5.74, 6) is 0. The van der Waals surface area contributed by atoms with Crippen molar-refractivity contribution in [3.63, 3.8) is 0 Å². The van der Waals surface area contributed by atoms with Crippen LogP contribution in [-0.2, 0) is 0 Å². The van der Waals surface area contributed by atoms with E-state index in [1.807, 2.05) is 0 Å². The topological polar surface area (TPSA) is 9.86 Å². The van der Waals surface area contributed by atoms with Gasteiger partial charge in [-0.2, -0.15) is 0 Å². The number of aromatic nitrogens is 2. The van der Waals surface area contributed by atoms with E-state index in [1.54, 1.807) is 0 Å². The Bertz CT molecular complexity index is 3170. The molecule has 0 saturated heterocycles. The Morgan fingerprint density at radius 1 is 0.269 bits per heavy atom. The van der Waals surface area contributed by atoms with E-state index in [9.17, 15) is 0 Å². The molecule has 0 aliphatic carbocycles. The maximum atomic E-state index is 2.49. The average Bonchev–Trinajstić information content (AvgIpc) is 3.72. The first kappa shape index (κ1) is 28.9. The van der Waals surface area contributed by atoms with Crippen LogP contribution in [0.5, 0.6) is 0 Å². The van der Waals surface area contributed by atoms with E-state index in [0.29, 0.717) is 0 Å². The Labute approximate surface area is 301 Å². The summed E-state index contributed by atoms with van der Waals surface area (Å²) in [6, 6.07) is 71.0. The van der Waals surface area contributed by atoms with Gasteiger partial charge in [-0.05, 0) is 69.9 Å². The van der Waals surface area contributed by atoms with Crippen molar-refractivity contribution in [3.05, 3.63) is 194 Å². The second-order valence-electron chi connectivity index (χ2n) is 13.7. The molecule has 0 saturated carbocycles. The highest BCUT2D eigenvalue weighted by molar-refractivity contribution is 6.14. The van der Waals surface area contributed by atoms with Gasteiger partial charge in [0.25, 0.3) is 0 Å². The molecule has 2 aromatic heterocycles. The van der Waals surface area contributed by atoms with Crippen LogP contribution in [0.25, 0.3) is 98.8 Å². The number of rotatable bonds is 4. The molecule has 52 heavy (non-hydrogen) atoms. The quantitative estimate of drug-likeness (QED) is 0.178. The molecule has 11 rings (SSSR count). The van der Waals surface area contributed by atoms with Crippen LogP contribution in [0, 0.1) is 0 Å². The van der Waals surface area contributed by atoms with Gasteiger partial charge in [0.1, 0.15) is 0 Å². The monoisotopic (exact) mass is 660 g/mol. The number of hydrogen-bond donors (Lipinski definition) is 0. The van der Waals surface area contributed by atoms with Crippen LogP contribution in [0.4, 0.5) is 0 Å². The zero-order valence-corrected chi connectivity index (χ0v) is 28.4. The van der Waals surface area contributed by atoms with Gasteiger partial charge in [-0.15, -0.1) is 0 Å². The SMILES string of the molecule is c1ccc(-c2ccc3ccccc3c2-n2c3ccccc3c3cc(-c4ccc5c(c4)c4ccccc4n5-c4cccc5ccccc45)ccc32)cc1. The van der Waals surface area contributed by atoms with Crippen molar-refractivity contribution in [2.24, 2.45) is 0 Å². The van der Waals surface area contributed by atoms with Crippen LogP contribution >= 0.6 is 0 Å². The third-order valence-electron chi connectivity index (χ3n) is 10.9. The Morgan fingerprint density at radius 2 is 0.769 bits per heavy atom. The molecule has 0 aliphatic rings. The van der Waals surface area contributed by atoms with Gasteiger partial charge in [-0.1, -0.05) is 152 Å². The molecule has 0 fully saturated rings. The number of nitrogens with zero attached hydrogens (tertiary/aromatic N) is 2. The van der Waals surface area contributed by atoms with Crippen LogP contribution < -0.4 is 0 Å². The van der Waals surface area contributed by atoms with Gasteiger partial charge in [0, 0.05) is 37.9 Å². The first-order chi connectivity index (χ1) is 25.8. The van der Waals surface area contributed by atoms with Gasteiger partial charge in [0.15, 0.2) is 0 Å². The molecule has 0 amide bonds. The summed E-state index contributed by atoms with van der Waals surface area (Å²) in [6.45, 7) is 0. The van der Waals surface area contributed by atoms with Crippen molar-refractivity contribution in [2.45, 2.75) is 0 Å². The Balaban J connectivity index is 1.15. The highest BCUT2D eigenvalue weighted by atomic mass is 15.0. The van der Waals surface area contributed by atoms with Crippen LogP contribution in [0.15, 0.2) is 194 Å². The van der Waals surface area contributed by atoms with Crippen molar-refractivity contribution in [2.75, 3.05) is 0 Å². The third kappa shape index (κ3) is 4.25.